The van der Waals surface area contributed by atoms with Gasteiger partial charge in [-0.05, 0) is 41.5 Å². The third-order valence-corrected chi connectivity index (χ3v) is 8.27. The van der Waals surface area contributed by atoms with Crippen LogP contribution in [0.15, 0.2) is 108 Å². The van der Waals surface area contributed by atoms with Crippen LogP contribution >= 0.6 is 0 Å². The van der Waals surface area contributed by atoms with Crippen LogP contribution in [-0.4, -0.2) is 45.7 Å². The second kappa shape index (κ2) is 14.4. The summed E-state index contributed by atoms with van der Waals surface area (Å²) in [5.41, 5.74) is -0.450. The van der Waals surface area contributed by atoms with E-state index < -0.39 is 58.7 Å². The summed E-state index contributed by atoms with van der Waals surface area (Å²) in [5.74, 6) is -2.07. The van der Waals surface area contributed by atoms with Crippen molar-refractivity contribution in [3.63, 3.8) is 0 Å². The summed E-state index contributed by atoms with van der Waals surface area (Å²) in [5, 5.41) is 10.4. The Labute approximate surface area is 257 Å². The van der Waals surface area contributed by atoms with Crippen molar-refractivity contribution >= 4 is 27.5 Å². The van der Waals surface area contributed by atoms with Crippen molar-refractivity contribution < 1.29 is 50.5 Å². The van der Waals surface area contributed by atoms with Gasteiger partial charge in [-0.25, -0.2) is 8.42 Å². The van der Waals surface area contributed by atoms with Crippen LogP contribution in [0.2, 0.25) is 0 Å². The van der Waals surface area contributed by atoms with Crippen LogP contribution in [0, 0.1) is 0 Å². The average Bonchev–Trinajstić information content (AvgIpc) is 3.05. The van der Waals surface area contributed by atoms with Gasteiger partial charge in [-0.15, -0.1) is 0 Å². The Morgan fingerprint density at radius 1 is 0.889 bits per heavy atom. The minimum absolute atomic E-state index is 0.185. The van der Waals surface area contributed by atoms with Gasteiger partial charge in [0.2, 0.25) is 0 Å². The number of ether oxygens (including phenoxy) is 3. The number of esters is 1. The molecule has 13 heteroatoms. The van der Waals surface area contributed by atoms with E-state index in [9.17, 15) is 36.3 Å². The lowest BCUT2D eigenvalue weighted by Crippen LogP contribution is -2.37. The quantitative estimate of drug-likeness (QED) is 0.115. The molecule has 0 saturated carbocycles. The molecule has 0 saturated heterocycles. The molecule has 0 heterocycles. The van der Waals surface area contributed by atoms with Crippen molar-refractivity contribution in [1.82, 2.24) is 0 Å². The van der Waals surface area contributed by atoms with E-state index in [1.807, 2.05) is 0 Å². The number of anilines is 1. The molecule has 0 aromatic heterocycles. The largest absolute Gasteiger partial charge is 0.487 e. The Morgan fingerprint density at radius 3 is 2.11 bits per heavy atom. The standard InChI is InChI=1S/C32H28F3NO8S/c1-42-21-44-29(37)19-36(45(40,41)26-10-6-3-7-11-26)27-17-16-25(32(33,34)35)18-28(27)43-20-22-12-14-24(15-13-22)31(39)30(38)23-8-4-2-5-9-23/h2-18,30,38H,19-21H2,1H3. The average molecular weight is 644 g/mol. The Balaban J connectivity index is 1.66. The summed E-state index contributed by atoms with van der Waals surface area (Å²) >= 11 is 0. The molecule has 0 fully saturated rings. The number of aliphatic hydroxyl groups is 1. The summed E-state index contributed by atoms with van der Waals surface area (Å²) < 4.78 is 84.3. The fourth-order valence-electron chi connectivity index (χ4n) is 4.19. The van der Waals surface area contributed by atoms with Gasteiger partial charge in [0.25, 0.3) is 10.0 Å². The van der Waals surface area contributed by atoms with Crippen molar-refractivity contribution in [3.05, 3.63) is 125 Å². The second-order valence-corrected chi connectivity index (χ2v) is 11.5. The molecular weight excluding hydrogens is 615 g/mol. The maximum Gasteiger partial charge on any atom is 0.416 e. The van der Waals surface area contributed by atoms with Gasteiger partial charge in [-0.3, -0.25) is 13.9 Å². The maximum absolute atomic E-state index is 13.7. The molecule has 1 atom stereocenters. The van der Waals surface area contributed by atoms with Gasteiger partial charge in [0.15, 0.2) is 12.6 Å². The molecule has 4 aromatic rings. The molecule has 1 N–H and O–H groups in total. The molecule has 0 aliphatic carbocycles. The molecule has 236 valence electrons. The number of hydrogen-bond acceptors (Lipinski definition) is 8. The van der Waals surface area contributed by atoms with Crippen LogP contribution in [0.1, 0.15) is 33.2 Å². The number of nitrogens with zero attached hydrogens (tertiary/aromatic N) is 1. The van der Waals surface area contributed by atoms with Crippen LogP contribution in [0.25, 0.3) is 0 Å². The van der Waals surface area contributed by atoms with E-state index in [2.05, 4.69) is 0 Å². The van der Waals surface area contributed by atoms with E-state index in [4.69, 9.17) is 14.2 Å². The highest BCUT2D eigenvalue weighted by Crippen LogP contribution is 2.39. The highest BCUT2D eigenvalue weighted by Gasteiger charge is 2.35. The maximum atomic E-state index is 13.7. The lowest BCUT2D eigenvalue weighted by atomic mass is 9.99. The lowest BCUT2D eigenvalue weighted by Gasteiger charge is -2.26. The number of halogens is 3. The number of carbonyl (C=O) groups excluding carboxylic acids is 2. The Kier molecular flexibility index (Phi) is 10.6. The predicted octanol–water partition coefficient (Wildman–Crippen LogP) is 5.54. The van der Waals surface area contributed by atoms with Crippen LogP contribution in [0.5, 0.6) is 5.75 Å². The number of Topliss-reactive ketones (excluding diaryl/α,β-unsaturated/α-hetero) is 1. The summed E-state index contributed by atoms with van der Waals surface area (Å²) in [6.45, 7) is -1.71. The molecule has 9 nitrogen and oxygen atoms in total. The van der Waals surface area contributed by atoms with Gasteiger partial charge in [-0.2, -0.15) is 13.2 Å². The summed E-state index contributed by atoms with van der Waals surface area (Å²) in [6.07, 6.45) is -6.19. The topological polar surface area (TPSA) is 119 Å². The number of benzene rings is 4. The van der Waals surface area contributed by atoms with Crippen molar-refractivity contribution in [3.8, 4) is 5.75 Å². The fraction of sp³-hybridized carbons (Fsp3) is 0.188. The van der Waals surface area contributed by atoms with E-state index in [0.717, 1.165) is 6.07 Å². The smallest absolute Gasteiger partial charge is 0.416 e. The third kappa shape index (κ3) is 8.26. The molecule has 0 spiro atoms. The van der Waals surface area contributed by atoms with E-state index in [1.54, 1.807) is 36.4 Å². The van der Waals surface area contributed by atoms with E-state index >= 15 is 0 Å². The van der Waals surface area contributed by atoms with Crippen LogP contribution < -0.4 is 9.04 Å². The van der Waals surface area contributed by atoms with Gasteiger partial charge in [0.05, 0.1) is 16.1 Å². The number of carbonyl (C=O) groups is 2. The molecular formula is C32H28F3NO8S. The number of aliphatic hydroxyl groups excluding tert-OH is 1. The van der Waals surface area contributed by atoms with Crippen molar-refractivity contribution in [2.24, 2.45) is 0 Å². The van der Waals surface area contributed by atoms with Crippen molar-refractivity contribution in [1.29, 1.82) is 0 Å². The summed E-state index contributed by atoms with van der Waals surface area (Å²) in [6, 6.07) is 23.4. The van der Waals surface area contributed by atoms with E-state index in [1.165, 1.54) is 55.6 Å². The first-order valence-electron chi connectivity index (χ1n) is 13.3. The number of alkyl halides is 3. The first-order valence-corrected chi connectivity index (χ1v) is 14.8. The van der Waals surface area contributed by atoms with Gasteiger partial charge in [0.1, 0.15) is 25.0 Å². The number of sulfonamides is 1. The Bertz CT molecular complexity index is 1720. The number of rotatable bonds is 13. The Hall–Kier alpha value is -4.72. The molecule has 45 heavy (non-hydrogen) atoms. The summed E-state index contributed by atoms with van der Waals surface area (Å²) in [7, 11) is -3.25. The molecule has 0 radical (unpaired) electrons. The van der Waals surface area contributed by atoms with Crippen LogP contribution in [0.4, 0.5) is 18.9 Å². The second-order valence-electron chi connectivity index (χ2n) is 9.59. The molecule has 0 aliphatic heterocycles. The molecule has 0 aliphatic rings. The molecule has 0 amide bonds. The Morgan fingerprint density at radius 2 is 1.51 bits per heavy atom. The number of methoxy groups -OCH3 is 1. The SMILES string of the molecule is COCOC(=O)CN(c1ccc(C(F)(F)F)cc1OCc1ccc(C(=O)C(O)c2ccccc2)cc1)S(=O)(=O)c1ccccc1. The normalized spacial score (nSPS) is 12.3. The zero-order chi connectivity index (χ0) is 32.6. The predicted molar refractivity (Wildman–Crippen MR) is 157 cm³/mol. The van der Waals surface area contributed by atoms with E-state index in [0.29, 0.717) is 27.6 Å². The van der Waals surface area contributed by atoms with Crippen molar-refractivity contribution in [2.75, 3.05) is 24.8 Å². The van der Waals surface area contributed by atoms with Gasteiger partial charge in [-0.1, -0.05) is 72.8 Å². The molecule has 4 aromatic carbocycles. The molecule has 1 unspecified atom stereocenters. The third-order valence-electron chi connectivity index (χ3n) is 6.49. The first-order chi connectivity index (χ1) is 21.4. The number of hydrogen-bond donors (Lipinski definition) is 1. The van der Waals surface area contributed by atoms with Crippen LogP contribution in [0.3, 0.4) is 0 Å². The van der Waals surface area contributed by atoms with Gasteiger partial charge in [0, 0.05) is 12.7 Å². The monoisotopic (exact) mass is 643 g/mol. The van der Waals surface area contributed by atoms with Gasteiger partial charge < -0.3 is 19.3 Å². The number of ketones is 1. The highest BCUT2D eigenvalue weighted by molar-refractivity contribution is 7.92. The molecule has 0 bridgehead atoms. The van der Waals surface area contributed by atoms with Gasteiger partial charge >= 0.3 is 12.1 Å². The minimum atomic E-state index is -4.79. The first kappa shape index (κ1) is 33.2. The van der Waals surface area contributed by atoms with Crippen molar-refractivity contribution in [2.45, 2.75) is 23.8 Å². The van der Waals surface area contributed by atoms with E-state index in [-0.39, 0.29) is 22.8 Å². The molecule has 4 rings (SSSR count). The highest BCUT2D eigenvalue weighted by atomic mass is 32.2. The minimum Gasteiger partial charge on any atom is -0.487 e. The van der Waals surface area contributed by atoms with Crippen LogP contribution in [-0.2, 0) is 37.1 Å². The summed E-state index contributed by atoms with van der Waals surface area (Å²) in [4.78, 5) is 25.1. The fourth-order valence-corrected chi connectivity index (χ4v) is 5.63. The lowest BCUT2D eigenvalue weighted by molar-refractivity contribution is -0.152. The zero-order valence-corrected chi connectivity index (χ0v) is 24.6. The zero-order valence-electron chi connectivity index (χ0n) is 23.8.